The van der Waals surface area contributed by atoms with Crippen molar-refractivity contribution < 1.29 is 18.1 Å². The number of benzene rings is 1. The van der Waals surface area contributed by atoms with Gasteiger partial charge >= 0.3 is 0 Å². The number of piperazine rings is 1. The van der Waals surface area contributed by atoms with Crippen LogP contribution in [0.1, 0.15) is 12.8 Å². The molecular formula is C19H27N5O5S. The molecule has 1 aromatic carbocycles. The Morgan fingerprint density at radius 1 is 1.17 bits per heavy atom. The number of nitrogens with one attached hydrogen (secondary N) is 1. The van der Waals surface area contributed by atoms with E-state index in [1.807, 2.05) is 9.80 Å². The zero-order valence-corrected chi connectivity index (χ0v) is 17.6. The maximum Gasteiger partial charge on any atom is 0.270 e. The van der Waals surface area contributed by atoms with Crippen molar-refractivity contribution in [2.75, 3.05) is 57.3 Å². The average molecular weight is 438 g/mol. The molecule has 0 aliphatic carbocycles. The van der Waals surface area contributed by atoms with Crippen LogP contribution < -0.4 is 10.2 Å². The van der Waals surface area contributed by atoms with Crippen molar-refractivity contribution in [1.29, 1.82) is 0 Å². The Balaban J connectivity index is 1.78. The van der Waals surface area contributed by atoms with Gasteiger partial charge in [-0.05, 0) is 18.9 Å². The van der Waals surface area contributed by atoms with E-state index >= 15 is 0 Å². The van der Waals surface area contributed by atoms with Crippen LogP contribution in [0.4, 0.5) is 11.4 Å². The van der Waals surface area contributed by atoms with E-state index in [2.05, 4.69) is 11.9 Å². The molecule has 1 N–H and O–H groups in total. The maximum absolute atomic E-state index is 13.2. The Kier molecular flexibility index (Phi) is 7.06. The van der Waals surface area contributed by atoms with E-state index in [0.717, 1.165) is 18.9 Å². The zero-order valence-electron chi connectivity index (χ0n) is 16.8. The second-order valence-electron chi connectivity index (χ2n) is 7.38. The fourth-order valence-electron chi connectivity index (χ4n) is 3.74. The normalized spacial score (nSPS) is 18.3. The van der Waals surface area contributed by atoms with Crippen molar-refractivity contribution in [3.63, 3.8) is 0 Å². The minimum absolute atomic E-state index is 0.0178. The molecule has 2 aliphatic heterocycles. The number of hydrogen-bond donors (Lipinski definition) is 1. The summed E-state index contributed by atoms with van der Waals surface area (Å²) < 4.78 is 27.8. The molecule has 3 rings (SSSR count). The smallest absolute Gasteiger partial charge is 0.270 e. The van der Waals surface area contributed by atoms with Crippen LogP contribution in [0.15, 0.2) is 35.7 Å². The second-order valence-corrected chi connectivity index (χ2v) is 9.28. The number of anilines is 1. The second kappa shape index (κ2) is 9.54. The van der Waals surface area contributed by atoms with Gasteiger partial charge in [-0.15, -0.1) is 6.58 Å². The van der Waals surface area contributed by atoms with Crippen LogP contribution in [0.2, 0.25) is 0 Å². The van der Waals surface area contributed by atoms with Crippen LogP contribution >= 0.6 is 0 Å². The van der Waals surface area contributed by atoms with Crippen molar-refractivity contribution in [2.24, 2.45) is 0 Å². The molecule has 30 heavy (non-hydrogen) atoms. The first-order chi connectivity index (χ1) is 14.3. The summed E-state index contributed by atoms with van der Waals surface area (Å²) in [6.07, 6.45) is 3.19. The molecule has 2 fully saturated rings. The Bertz CT molecular complexity index is 906. The van der Waals surface area contributed by atoms with E-state index in [-0.39, 0.29) is 23.0 Å². The van der Waals surface area contributed by atoms with E-state index in [4.69, 9.17) is 0 Å². The van der Waals surface area contributed by atoms with Crippen molar-refractivity contribution in [1.82, 2.24) is 14.5 Å². The van der Waals surface area contributed by atoms with Gasteiger partial charge in [-0.25, -0.2) is 8.42 Å². The van der Waals surface area contributed by atoms with E-state index in [1.54, 1.807) is 6.08 Å². The number of nitro groups is 1. The highest BCUT2D eigenvalue weighted by Gasteiger charge is 2.33. The molecule has 10 nitrogen and oxygen atoms in total. The first-order valence-electron chi connectivity index (χ1n) is 9.96. The first-order valence-corrected chi connectivity index (χ1v) is 11.4. The molecule has 2 aliphatic rings. The third-order valence-corrected chi connectivity index (χ3v) is 7.29. The van der Waals surface area contributed by atoms with Crippen LogP contribution in [0.25, 0.3) is 0 Å². The lowest BCUT2D eigenvalue weighted by Gasteiger charge is -2.36. The van der Waals surface area contributed by atoms with Gasteiger partial charge in [-0.2, -0.15) is 4.31 Å². The van der Waals surface area contributed by atoms with Crippen LogP contribution in [-0.4, -0.2) is 80.8 Å². The lowest BCUT2D eigenvalue weighted by Crippen LogP contribution is -2.50. The Hall–Kier alpha value is -2.50. The van der Waals surface area contributed by atoms with Crippen molar-refractivity contribution in [3.8, 4) is 0 Å². The number of carbonyl (C=O) groups is 1. The van der Waals surface area contributed by atoms with Crippen LogP contribution in [0.3, 0.4) is 0 Å². The molecule has 2 saturated heterocycles. The summed E-state index contributed by atoms with van der Waals surface area (Å²) >= 11 is 0. The molecule has 0 atom stereocenters. The summed E-state index contributed by atoms with van der Waals surface area (Å²) in [4.78, 5) is 26.5. The van der Waals surface area contributed by atoms with Crippen molar-refractivity contribution >= 4 is 27.3 Å². The predicted molar refractivity (Wildman–Crippen MR) is 113 cm³/mol. The first kappa shape index (κ1) is 22.2. The van der Waals surface area contributed by atoms with E-state index < -0.39 is 14.9 Å². The molecule has 0 saturated carbocycles. The molecule has 0 spiro atoms. The van der Waals surface area contributed by atoms with Gasteiger partial charge in [0.2, 0.25) is 15.9 Å². The molecule has 11 heteroatoms. The highest BCUT2D eigenvalue weighted by molar-refractivity contribution is 7.89. The molecule has 0 aromatic heterocycles. The van der Waals surface area contributed by atoms with E-state index in [0.29, 0.717) is 51.5 Å². The standard InChI is InChI=1S/C19H27N5O5S/c1-2-7-20-19(25)15-21-10-12-22(13-11-21)17-6-5-16(24(26)27)14-18(17)30(28,29)23-8-3-4-9-23/h2,5-6,14H,1,3-4,7-13,15H2,(H,20,25). The Labute approximate surface area is 176 Å². The quantitative estimate of drug-likeness (QED) is 0.363. The highest BCUT2D eigenvalue weighted by Crippen LogP contribution is 2.33. The molecule has 0 bridgehead atoms. The number of sulfonamides is 1. The maximum atomic E-state index is 13.2. The fraction of sp³-hybridized carbons (Fsp3) is 0.526. The largest absolute Gasteiger partial charge is 0.368 e. The monoisotopic (exact) mass is 437 g/mol. The molecule has 1 amide bonds. The summed E-state index contributed by atoms with van der Waals surface area (Å²) in [5.41, 5.74) is 0.234. The number of non-ortho nitro benzene ring substituents is 1. The number of nitrogens with zero attached hydrogens (tertiary/aromatic N) is 4. The molecule has 2 heterocycles. The number of amides is 1. The lowest BCUT2D eigenvalue weighted by atomic mass is 10.2. The summed E-state index contributed by atoms with van der Waals surface area (Å²) in [6, 6.07) is 4.03. The SMILES string of the molecule is C=CCNC(=O)CN1CCN(c2ccc([N+](=O)[O-])cc2S(=O)(=O)N2CCCC2)CC1. The van der Waals surface area contributed by atoms with Gasteiger partial charge in [0, 0.05) is 57.9 Å². The summed E-state index contributed by atoms with van der Waals surface area (Å²) in [5.74, 6) is -0.0870. The molecule has 0 unspecified atom stereocenters. The minimum Gasteiger partial charge on any atom is -0.368 e. The highest BCUT2D eigenvalue weighted by atomic mass is 32.2. The lowest BCUT2D eigenvalue weighted by molar-refractivity contribution is -0.385. The third-order valence-electron chi connectivity index (χ3n) is 5.36. The number of hydrogen-bond acceptors (Lipinski definition) is 7. The van der Waals surface area contributed by atoms with Crippen molar-refractivity contribution in [2.45, 2.75) is 17.7 Å². The number of rotatable bonds is 8. The van der Waals surface area contributed by atoms with Gasteiger partial charge in [0.15, 0.2) is 0 Å². The predicted octanol–water partition coefficient (Wildman–Crippen LogP) is 0.804. The summed E-state index contributed by atoms with van der Waals surface area (Å²) in [6.45, 7) is 7.32. The van der Waals surface area contributed by atoms with Gasteiger partial charge in [0.1, 0.15) is 4.90 Å². The molecule has 0 radical (unpaired) electrons. The third kappa shape index (κ3) is 4.97. The Morgan fingerprint density at radius 3 is 2.43 bits per heavy atom. The van der Waals surface area contributed by atoms with E-state index in [1.165, 1.54) is 16.4 Å². The van der Waals surface area contributed by atoms with Gasteiger partial charge in [-0.3, -0.25) is 19.8 Å². The number of carbonyl (C=O) groups excluding carboxylic acids is 1. The molecular weight excluding hydrogens is 410 g/mol. The van der Waals surface area contributed by atoms with Crippen LogP contribution in [0, 0.1) is 10.1 Å². The number of nitro benzene ring substituents is 1. The van der Waals surface area contributed by atoms with Crippen LogP contribution in [0.5, 0.6) is 0 Å². The van der Waals surface area contributed by atoms with E-state index in [9.17, 15) is 23.3 Å². The summed E-state index contributed by atoms with van der Waals surface area (Å²) in [5, 5.41) is 14.0. The van der Waals surface area contributed by atoms with Gasteiger partial charge < -0.3 is 10.2 Å². The van der Waals surface area contributed by atoms with Gasteiger partial charge in [-0.1, -0.05) is 6.08 Å². The van der Waals surface area contributed by atoms with Gasteiger partial charge in [0.25, 0.3) is 5.69 Å². The molecule has 1 aromatic rings. The Morgan fingerprint density at radius 2 is 1.83 bits per heavy atom. The molecule has 164 valence electrons. The fourth-order valence-corrected chi connectivity index (χ4v) is 5.49. The van der Waals surface area contributed by atoms with Crippen molar-refractivity contribution in [3.05, 3.63) is 41.0 Å². The van der Waals surface area contributed by atoms with Gasteiger partial charge in [0.05, 0.1) is 17.2 Å². The topological polar surface area (TPSA) is 116 Å². The summed E-state index contributed by atoms with van der Waals surface area (Å²) in [7, 11) is -3.82. The zero-order chi connectivity index (χ0) is 21.7. The average Bonchev–Trinajstić information content (AvgIpc) is 3.28. The van der Waals surface area contributed by atoms with Crippen LogP contribution in [-0.2, 0) is 14.8 Å². The minimum atomic E-state index is -3.82.